The summed E-state index contributed by atoms with van der Waals surface area (Å²) in [5, 5.41) is 33.6. The average molecular weight is 556 g/mol. The van der Waals surface area contributed by atoms with Gasteiger partial charge in [0.05, 0.1) is 12.7 Å². The van der Waals surface area contributed by atoms with Crippen molar-refractivity contribution in [1.29, 1.82) is 0 Å². The number of phenolic OH excluding ortho intramolecular Hbond substituents is 1. The van der Waals surface area contributed by atoms with E-state index in [1.165, 1.54) is 49.6 Å². The molecular formula is C24H21N5O9S. The fourth-order valence-electron chi connectivity index (χ4n) is 3.70. The summed E-state index contributed by atoms with van der Waals surface area (Å²) in [7, 11) is 1.31. The van der Waals surface area contributed by atoms with Crippen LogP contribution in [0.25, 0.3) is 0 Å². The zero-order chi connectivity index (χ0) is 28.3. The molecule has 0 unspecified atom stereocenters. The molecule has 2 heterocycles. The largest absolute Gasteiger partial charge is 0.504 e. The van der Waals surface area contributed by atoms with Crippen molar-refractivity contribution in [3.63, 3.8) is 0 Å². The summed E-state index contributed by atoms with van der Waals surface area (Å²) in [6.07, 6.45) is -0.252. The van der Waals surface area contributed by atoms with Crippen LogP contribution >= 0.6 is 11.8 Å². The number of nitrogens with zero attached hydrogens (tertiary/aromatic N) is 1. The average Bonchev–Trinajstić information content (AvgIpc) is 3.21. The van der Waals surface area contributed by atoms with E-state index >= 15 is 0 Å². The Morgan fingerprint density at radius 1 is 1.10 bits per heavy atom. The zero-order valence-electron chi connectivity index (χ0n) is 20.0. The number of aromatic hydroxyl groups is 2. The number of hydrogen-bond donors (Lipinski definition) is 7. The van der Waals surface area contributed by atoms with Gasteiger partial charge in [0.25, 0.3) is 5.56 Å². The van der Waals surface area contributed by atoms with Gasteiger partial charge in [-0.3, -0.25) is 24.4 Å². The van der Waals surface area contributed by atoms with E-state index in [0.29, 0.717) is 5.69 Å². The molecular weight excluding hydrogens is 534 g/mol. The minimum Gasteiger partial charge on any atom is -0.504 e. The molecule has 3 aromatic rings. The second-order valence-corrected chi connectivity index (χ2v) is 9.36. The number of hydrogen-bond acceptors (Lipinski definition) is 10. The molecule has 0 radical (unpaired) electrons. The molecule has 15 heteroatoms. The van der Waals surface area contributed by atoms with Gasteiger partial charge < -0.3 is 30.7 Å². The van der Waals surface area contributed by atoms with Gasteiger partial charge in [-0.1, -0.05) is 17.8 Å². The molecule has 39 heavy (non-hydrogen) atoms. The van der Waals surface area contributed by atoms with Gasteiger partial charge in [-0.2, -0.15) is 0 Å². The topological polar surface area (TPSA) is 223 Å². The van der Waals surface area contributed by atoms with Crippen LogP contribution in [0.5, 0.6) is 17.4 Å². The van der Waals surface area contributed by atoms with E-state index < -0.39 is 46.2 Å². The maximum atomic E-state index is 12.6. The maximum Gasteiger partial charge on any atom is 0.335 e. The number of methoxy groups -OCH3 is 1. The first-order valence-electron chi connectivity index (χ1n) is 11.2. The van der Waals surface area contributed by atoms with Crippen LogP contribution < -0.4 is 26.6 Å². The van der Waals surface area contributed by atoms with Crippen LogP contribution in [-0.2, 0) is 9.59 Å². The van der Waals surface area contributed by atoms with Gasteiger partial charge in [0, 0.05) is 12.1 Å². The Kier molecular flexibility index (Phi) is 7.71. The van der Waals surface area contributed by atoms with Crippen molar-refractivity contribution in [3.8, 4) is 17.4 Å². The molecule has 1 aliphatic rings. The number of amides is 2. The van der Waals surface area contributed by atoms with Gasteiger partial charge in [0.2, 0.25) is 17.7 Å². The summed E-state index contributed by atoms with van der Waals surface area (Å²) in [5.74, 6) is -3.05. The third-order valence-corrected chi connectivity index (χ3v) is 6.66. The van der Waals surface area contributed by atoms with E-state index in [1.807, 2.05) is 4.98 Å². The van der Waals surface area contributed by atoms with Gasteiger partial charge in [-0.05, 0) is 42.0 Å². The predicted molar refractivity (Wildman–Crippen MR) is 139 cm³/mol. The number of aromatic amines is 2. The number of carbonyl (C=O) groups is 3. The number of rotatable bonds is 8. The first kappa shape index (κ1) is 27.0. The third-order valence-electron chi connectivity index (χ3n) is 5.56. The van der Waals surface area contributed by atoms with Crippen LogP contribution in [0.3, 0.4) is 0 Å². The molecule has 4 rings (SSSR count). The first-order chi connectivity index (χ1) is 18.5. The predicted octanol–water partition coefficient (Wildman–Crippen LogP) is 0.887. The molecule has 0 bridgehead atoms. The van der Waals surface area contributed by atoms with E-state index in [9.17, 15) is 34.2 Å². The molecule has 7 N–H and O–H groups in total. The molecule has 0 spiro atoms. The lowest BCUT2D eigenvalue weighted by Gasteiger charge is -2.16. The minimum atomic E-state index is -1.26. The van der Waals surface area contributed by atoms with E-state index in [-0.39, 0.29) is 39.8 Å². The standard InChI is InChI=1S/C24H21N5O9S/c1-38-14-8-11(4-7-13(14)30)18(17-20(33)27-23(37)28-21(17)34)26-24-29-19(32)15(39-24)9-16(31)25-12-5-2-10(3-6-12)22(35)36/h2-8,15,18,30H,9H2,1H3,(H,25,31)(H,35,36)(H,26,29,32)(H3,27,28,33,34,37)/t15-,18-/m0/s1. The van der Waals surface area contributed by atoms with Gasteiger partial charge >= 0.3 is 11.7 Å². The lowest BCUT2D eigenvalue weighted by atomic mass is 10.0. The van der Waals surface area contributed by atoms with Gasteiger partial charge in [0.15, 0.2) is 16.7 Å². The van der Waals surface area contributed by atoms with Crippen molar-refractivity contribution in [2.45, 2.75) is 17.7 Å². The number of carboxylic acids is 1. The number of carbonyl (C=O) groups excluding carboxylic acids is 2. The smallest absolute Gasteiger partial charge is 0.335 e. The highest BCUT2D eigenvalue weighted by Gasteiger charge is 2.34. The quantitative estimate of drug-likeness (QED) is 0.208. The molecule has 0 saturated carbocycles. The number of aromatic carboxylic acids is 1. The number of aliphatic imine (C=N–C) groups is 1. The Labute approximate surface area is 222 Å². The SMILES string of the molecule is COc1cc([C@H](N=C2NC(=O)[C@H](CC(=O)Nc3ccc(C(=O)O)cc3)S2)c2c(O)[nH]c(=O)[nH]c2=O)ccc1O. The second-order valence-electron chi connectivity index (χ2n) is 8.17. The molecule has 2 aromatic carbocycles. The number of H-pyrrole nitrogens is 2. The number of nitrogens with one attached hydrogen (secondary N) is 4. The molecule has 1 aromatic heterocycles. The number of benzene rings is 2. The van der Waals surface area contributed by atoms with E-state index in [1.54, 1.807) is 0 Å². The molecule has 2 amide bonds. The maximum absolute atomic E-state index is 12.6. The van der Waals surface area contributed by atoms with Crippen LogP contribution in [0.2, 0.25) is 0 Å². The van der Waals surface area contributed by atoms with Crippen molar-refractivity contribution in [2.24, 2.45) is 4.99 Å². The zero-order valence-corrected chi connectivity index (χ0v) is 20.9. The lowest BCUT2D eigenvalue weighted by Crippen LogP contribution is -2.29. The minimum absolute atomic E-state index is 0.0330. The molecule has 14 nitrogen and oxygen atoms in total. The monoisotopic (exact) mass is 555 g/mol. The van der Waals surface area contributed by atoms with E-state index in [4.69, 9.17) is 9.84 Å². The number of carboxylic acid groups (broad SMARTS) is 1. The second kappa shape index (κ2) is 11.1. The van der Waals surface area contributed by atoms with Crippen LogP contribution in [0.15, 0.2) is 57.0 Å². The first-order valence-corrected chi connectivity index (χ1v) is 12.0. The highest BCUT2D eigenvalue weighted by atomic mass is 32.2. The van der Waals surface area contributed by atoms with Crippen molar-refractivity contribution in [1.82, 2.24) is 15.3 Å². The summed E-state index contributed by atoms with van der Waals surface area (Å²) < 4.78 is 5.11. The molecule has 202 valence electrons. The van der Waals surface area contributed by atoms with Gasteiger partial charge in [0.1, 0.15) is 16.9 Å². The Hall–Kier alpha value is -5.05. The van der Waals surface area contributed by atoms with Gasteiger partial charge in [-0.25, -0.2) is 14.6 Å². The molecule has 0 aliphatic carbocycles. The fourth-order valence-corrected chi connectivity index (χ4v) is 4.70. The Morgan fingerprint density at radius 3 is 2.46 bits per heavy atom. The number of anilines is 1. The summed E-state index contributed by atoms with van der Waals surface area (Å²) in [4.78, 5) is 68.8. The summed E-state index contributed by atoms with van der Waals surface area (Å²) in [6.45, 7) is 0. The normalized spacial score (nSPS) is 16.5. The Bertz CT molecular complexity index is 1600. The van der Waals surface area contributed by atoms with Crippen LogP contribution in [0, 0.1) is 0 Å². The highest BCUT2D eigenvalue weighted by Crippen LogP contribution is 2.36. The Morgan fingerprint density at radius 2 is 1.82 bits per heavy atom. The number of aromatic nitrogens is 2. The molecule has 2 atom stereocenters. The molecule has 1 saturated heterocycles. The summed E-state index contributed by atoms with van der Waals surface area (Å²) >= 11 is 0.914. The number of thioether (sulfide) groups is 1. The number of amidine groups is 1. The number of ether oxygens (including phenoxy) is 1. The van der Waals surface area contributed by atoms with Crippen molar-refractivity contribution in [3.05, 3.63) is 80.0 Å². The van der Waals surface area contributed by atoms with E-state index in [0.717, 1.165) is 11.8 Å². The number of phenols is 1. The Balaban J connectivity index is 1.59. The van der Waals surface area contributed by atoms with Gasteiger partial charge in [-0.15, -0.1) is 0 Å². The highest BCUT2D eigenvalue weighted by molar-refractivity contribution is 8.15. The van der Waals surface area contributed by atoms with Crippen molar-refractivity contribution in [2.75, 3.05) is 12.4 Å². The molecule has 1 fully saturated rings. The van der Waals surface area contributed by atoms with Crippen LogP contribution in [-0.4, -0.2) is 60.6 Å². The summed E-state index contributed by atoms with van der Waals surface area (Å²) in [6, 6.07) is 8.30. The lowest BCUT2D eigenvalue weighted by molar-refractivity contribution is -0.122. The van der Waals surface area contributed by atoms with Crippen molar-refractivity contribution >= 4 is 40.4 Å². The molecule has 1 aliphatic heterocycles. The van der Waals surface area contributed by atoms with E-state index in [2.05, 4.69) is 20.6 Å². The van der Waals surface area contributed by atoms with Crippen LogP contribution in [0.1, 0.15) is 33.9 Å². The summed E-state index contributed by atoms with van der Waals surface area (Å²) in [5.41, 5.74) is -1.55. The van der Waals surface area contributed by atoms with Crippen LogP contribution in [0.4, 0.5) is 5.69 Å². The van der Waals surface area contributed by atoms with Crippen molar-refractivity contribution < 1.29 is 34.4 Å². The fraction of sp³-hybridized carbons (Fsp3) is 0.167. The third kappa shape index (κ3) is 6.10.